The molecule has 4 heteroatoms. The van der Waals surface area contributed by atoms with Gasteiger partial charge in [0, 0.05) is 24.9 Å². The van der Waals surface area contributed by atoms with Crippen LogP contribution in [0.4, 0.5) is 0 Å². The second-order valence-electron chi connectivity index (χ2n) is 3.81. The van der Waals surface area contributed by atoms with Crippen molar-refractivity contribution in [3.8, 4) is 0 Å². The van der Waals surface area contributed by atoms with E-state index in [0.717, 1.165) is 17.8 Å². The van der Waals surface area contributed by atoms with E-state index in [9.17, 15) is 4.79 Å². The van der Waals surface area contributed by atoms with E-state index in [1.807, 2.05) is 30.5 Å². The quantitative estimate of drug-likeness (QED) is 0.660. The number of aromatic amines is 1. The van der Waals surface area contributed by atoms with E-state index in [-0.39, 0.29) is 5.97 Å². The second kappa shape index (κ2) is 5.82. The van der Waals surface area contributed by atoms with E-state index < -0.39 is 0 Å². The minimum absolute atomic E-state index is 0.352. The Hall–Kier alpha value is -2.36. The first-order valence-corrected chi connectivity index (χ1v) is 5.61. The van der Waals surface area contributed by atoms with Crippen molar-refractivity contribution >= 4 is 12.0 Å². The van der Waals surface area contributed by atoms with Gasteiger partial charge >= 0.3 is 5.97 Å². The molecule has 1 aromatic heterocycles. The maximum atomic E-state index is 10.9. The molecule has 1 aromatic carbocycles. The Morgan fingerprint density at radius 1 is 1.39 bits per heavy atom. The number of carbonyl (C=O) groups is 1. The second-order valence-corrected chi connectivity index (χ2v) is 3.81. The average molecular weight is 242 g/mol. The van der Waals surface area contributed by atoms with Gasteiger partial charge in [0.2, 0.25) is 0 Å². The largest absolute Gasteiger partial charge is 0.466 e. The number of aromatic nitrogens is 2. The van der Waals surface area contributed by atoms with Gasteiger partial charge in [0.25, 0.3) is 0 Å². The molecule has 0 saturated carbocycles. The summed E-state index contributed by atoms with van der Waals surface area (Å²) in [5.41, 5.74) is 2.13. The lowest BCUT2D eigenvalue weighted by Crippen LogP contribution is -1.93. The number of methoxy groups -OCH3 is 1. The Labute approximate surface area is 105 Å². The topological polar surface area (TPSA) is 55.0 Å². The molecule has 0 spiro atoms. The van der Waals surface area contributed by atoms with Crippen LogP contribution in [-0.4, -0.2) is 23.0 Å². The van der Waals surface area contributed by atoms with Crippen LogP contribution in [0.2, 0.25) is 0 Å². The summed E-state index contributed by atoms with van der Waals surface area (Å²) in [7, 11) is 1.36. The fourth-order valence-corrected chi connectivity index (χ4v) is 1.57. The van der Waals surface area contributed by atoms with Gasteiger partial charge in [-0.1, -0.05) is 24.3 Å². The predicted octanol–water partition coefficient (Wildman–Crippen LogP) is 2.19. The Bertz CT molecular complexity index is 527. The van der Waals surface area contributed by atoms with Crippen molar-refractivity contribution < 1.29 is 9.53 Å². The number of hydrogen-bond acceptors (Lipinski definition) is 3. The fraction of sp³-hybridized carbons (Fsp3) is 0.143. The van der Waals surface area contributed by atoms with Gasteiger partial charge < -0.3 is 9.72 Å². The number of ether oxygens (including phenoxy) is 1. The van der Waals surface area contributed by atoms with E-state index in [1.54, 1.807) is 12.3 Å². The zero-order valence-corrected chi connectivity index (χ0v) is 10.1. The molecule has 0 saturated heterocycles. The molecule has 0 aliphatic heterocycles. The molecule has 2 rings (SSSR count). The lowest BCUT2D eigenvalue weighted by Gasteiger charge is -1.99. The molecule has 2 aromatic rings. The van der Waals surface area contributed by atoms with E-state index in [2.05, 4.69) is 14.7 Å². The summed E-state index contributed by atoms with van der Waals surface area (Å²) < 4.78 is 4.53. The summed E-state index contributed by atoms with van der Waals surface area (Å²) >= 11 is 0. The monoisotopic (exact) mass is 242 g/mol. The van der Waals surface area contributed by atoms with Gasteiger partial charge in [0.15, 0.2) is 0 Å². The molecular formula is C14H14N2O2. The van der Waals surface area contributed by atoms with Crippen molar-refractivity contribution in [1.82, 2.24) is 9.97 Å². The number of imidazole rings is 1. The summed E-state index contributed by atoms with van der Waals surface area (Å²) in [5, 5.41) is 0. The molecule has 1 heterocycles. The molecule has 0 aliphatic rings. The number of carbonyl (C=O) groups excluding carboxylic acids is 1. The van der Waals surface area contributed by atoms with Gasteiger partial charge in [-0.3, -0.25) is 0 Å². The Balaban J connectivity index is 2.01. The SMILES string of the molecule is COC(=O)C=Cc1ccc(Cc2ncc[nH]2)cc1. The highest BCUT2D eigenvalue weighted by Crippen LogP contribution is 2.09. The smallest absolute Gasteiger partial charge is 0.330 e. The van der Waals surface area contributed by atoms with Crippen LogP contribution in [0.25, 0.3) is 6.08 Å². The van der Waals surface area contributed by atoms with Gasteiger partial charge in [-0.2, -0.15) is 0 Å². The first-order chi connectivity index (χ1) is 8.78. The number of benzene rings is 1. The van der Waals surface area contributed by atoms with Gasteiger partial charge in [0.1, 0.15) is 5.82 Å². The summed E-state index contributed by atoms with van der Waals surface area (Å²) in [6.07, 6.45) is 7.45. The van der Waals surface area contributed by atoms with Gasteiger partial charge in [0.05, 0.1) is 7.11 Å². The van der Waals surface area contributed by atoms with Crippen LogP contribution in [0, 0.1) is 0 Å². The third-order valence-corrected chi connectivity index (χ3v) is 2.52. The molecular weight excluding hydrogens is 228 g/mol. The summed E-state index contributed by atoms with van der Waals surface area (Å²) in [5.74, 6) is 0.586. The highest BCUT2D eigenvalue weighted by atomic mass is 16.5. The molecule has 92 valence electrons. The van der Waals surface area contributed by atoms with Crippen molar-refractivity contribution in [2.24, 2.45) is 0 Å². The molecule has 0 unspecified atom stereocenters. The van der Waals surface area contributed by atoms with E-state index in [4.69, 9.17) is 0 Å². The molecule has 0 radical (unpaired) electrons. The first-order valence-electron chi connectivity index (χ1n) is 5.61. The van der Waals surface area contributed by atoms with Gasteiger partial charge in [-0.25, -0.2) is 9.78 Å². The Kier molecular flexibility index (Phi) is 3.91. The number of H-pyrrole nitrogens is 1. The predicted molar refractivity (Wildman–Crippen MR) is 68.9 cm³/mol. The summed E-state index contributed by atoms with van der Waals surface area (Å²) in [4.78, 5) is 18.2. The number of rotatable bonds is 4. The van der Waals surface area contributed by atoms with Crippen molar-refractivity contribution in [2.75, 3.05) is 7.11 Å². The van der Waals surface area contributed by atoms with Crippen molar-refractivity contribution in [3.05, 3.63) is 59.7 Å². The van der Waals surface area contributed by atoms with Crippen molar-refractivity contribution in [2.45, 2.75) is 6.42 Å². The molecule has 4 nitrogen and oxygen atoms in total. The van der Waals surface area contributed by atoms with E-state index >= 15 is 0 Å². The standard InChI is InChI=1S/C14H14N2O2/c1-18-14(17)7-6-11-2-4-12(5-3-11)10-13-15-8-9-16-13/h2-9H,10H2,1H3,(H,15,16). The maximum absolute atomic E-state index is 10.9. The van der Waals surface area contributed by atoms with E-state index in [1.165, 1.54) is 18.7 Å². The van der Waals surface area contributed by atoms with Crippen molar-refractivity contribution in [1.29, 1.82) is 0 Å². The zero-order chi connectivity index (χ0) is 12.8. The molecule has 0 amide bonds. The zero-order valence-electron chi connectivity index (χ0n) is 10.1. The first kappa shape index (κ1) is 12.1. The summed E-state index contributed by atoms with van der Waals surface area (Å²) in [6, 6.07) is 7.94. The third-order valence-electron chi connectivity index (χ3n) is 2.52. The molecule has 18 heavy (non-hydrogen) atoms. The van der Waals surface area contributed by atoms with Crippen LogP contribution in [0.1, 0.15) is 17.0 Å². The Morgan fingerprint density at radius 2 is 2.17 bits per heavy atom. The molecule has 0 bridgehead atoms. The number of hydrogen-bond donors (Lipinski definition) is 1. The van der Waals surface area contributed by atoms with Crippen LogP contribution in [-0.2, 0) is 16.0 Å². The number of esters is 1. The van der Waals surface area contributed by atoms with Crippen LogP contribution in [0.3, 0.4) is 0 Å². The third kappa shape index (κ3) is 3.31. The summed E-state index contributed by atoms with van der Waals surface area (Å²) in [6.45, 7) is 0. The lowest BCUT2D eigenvalue weighted by atomic mass is 10.1. The molecule has 0 fully saturated rings. The van der Waals surface area contributed by atoms with Crippen LogP contribution in [0.15, 0.2) is 42.7 Å². The minimum Gasteiger partial charge on any atom is -0.466 e. The van der Waals surface area contributed by atoms with Gasteiger partial charge in [-0.15, -0.1) is 0 Å². The van der Waals surface area contributed by atoms with Crippen LogP contribution < -0.4 is 0 Å². The molecule has 0 aliphatic carbocycles. The van der Waals surface area contributed by atoms with Crippen LogP contribution >= 0.6 is 0 Å². The number of nitrogens with zero attached hydrogens (tertiary/aromatic N) is 1. The molecule has 0 atom stereocenters. The van der Waals surface area contributed by atoms with Crippen molar-refractivity contribution in [3.63, 3.8) is 0 Å². The minimum atomic E-state index is -0.352. The molecule has 1 N–H and O–H groups in total. The maximum Gasteiger partial charge on any atom is 0.330 e. The average Bonchev–Trinajstić information content (AvgIpc) is 2.90. The Morgan fingerprint density at radius 3 is 2.78 bits per heavy atom. The normalized spacial score (nSPS) is 10.7. The van der Waals surface area contributed by atoms with E-state index in [0.29, 0.717) is 0 Å². The number of nitrogens with one attached hydrogen (secondary N) is 1. The fourth-order valence-electron chi connectivity index (χ4n) is 1.57. The highest BCUT2D eigenvalue weighted by Gasteiger charge is 1.98. The lowest BCUT2D eigenvalue weighted by molar-refractivity contribution is -0.134. The van der Waals surface area contributed by atoms with Crippen LogP contribution in [0.5, 0.6) is 0 Å². The van der Waals surface area contributed by atoms with Gasteiger partial charge in [-0.05, 0) is 17.2 Å². The highest BCUT2D eigenvalue weighted by molar-refractivity contribution is 5.86.